The predicted molar refractivity (Wildman–Crippen MR) is 84.6 cm³/mol. The van der Waals surface area contributed by atoms with E-state index in [0.29, 0.717) is 6.61 Å². The molecule has 1 atom stereocenters. The van der Waals surface area contributed by atoms with Crippen molar-refractivity contribution in [3.63, 3.8) is 0 Å². The highest BCUT2D eigenvalue weighted by Gasteiger charge is 2.19. The standard InChI is InChI=1S/C17H29NO2/c1-6-13-7-8-16(15(11-13)17(2,3)4)20-10-9-14(12-19)18-5/h7-8,11,14,18-19H,6,9-10,12H2,1-5H3. The summed E-state index contributed by atoms with van der Waals surface area (Å²) in [6, 6.07) is 6.55. The summed E-state index contributed by atoms with van der Waals surface area (Å²) in [6.45, 7) is 9.54. The Balaban J connectivity index is 2.79. The molecule has 20 heavy (non-hydrogen) atoms. The summed E-state index contributed by atoms with van der Waals surface area (Å²) in [4.78, 5) is 0. The van der Waals surface area contributed by atoms with E-state index in [2.05, 4.69) is 51.2 Å². The smallest absolute Gasteiger partial charge is 0.123 e. The van der Waals surface area contributed by atoms with Gasteiger partial charge in [0.05, 0.1) is 13.2 Å². The Morgan fingerprint density at radius 1 is 1.30 bits per heavy atom. The van der Waals surface area contributed by atoms with Crippen molar-refractivity contribution in [2.45, 2.75) is 52.0 Å². The first-order valence-electron chi connectivity index (χ1n) is 7.46. The third kappa shape index (κ3) is 4.80. The second-order valence-corrected chi connectivity index (χ2v) is 6.24. The molecule has 0 saturated carbocycles. The number of rotatable bonds is 7. The van der Waals surface area contributed by atoms with Crippen LogP contribution in [-0.2, 0) is 11.8 Å². The van der Waals surface area contributed by atoms with Gasteiger partial charge in [-0.05, 0) is 42.5 Å². The number of aliphatic hydroxyl groups excluding tert-OH is 1. The Morgan fingerprint density at radius 2 is 2.00 bits per heavy atom. The topological polar surface area (TPSA) is 41.5 Å². The monoisotopic (exact) mass is 279 g/mol. The van der Waals surface area contributed by atoms with Crippen LogP contribution in [0.4, 0.5) is 0 Å². The van der Waals surface area contributed by atoms with Gasteiger partial charge in [0.15, 0.2) is 0 Å². The van der Waals surface area contributed by atoms with E-state index in [0.717, 1.165) is 18.6 Å². The van der Waals surface area contributed by atoms with Crippen LogP contribution < -0.4 is 10.1 Å². The van der Waals surface area contributed by atoms with Gasteiger partial charge in [-0.25, -0.2) is 0 Å². The maximum atomic E-state index is 9.16. The number of benzene rings is 1. The SMILES string of the molecule is CCc1ccc(OCCC(CO)NC)c(C(C)(C)C)c1. The number of ether oxygens (including phenoxy) is 1. The van der Waals surface area contributed by atoms with Gasteiger partial charge < -0.3 is 15.2 Å². The Labute approximate surface area is 123 Å². The molecule has 114 valence electrons. The van der Waals surface area contributed by atoms with Gasteiger partial charge in [-0.2, -0.15) is 0 Å². The fourth-order valence-electron chi connectivity index (χ4n) is 2.15. The normalized spacial score (nSPS) is 13.3. The lowest BCUT2D eigenvalue weighted by Gasteiger charge is -2.24. The first-order chi connectivity index (χ1) is 9.42. The quantitative estimate of drug-likeness (QED) is 0.806. The van der Waals surface area contributed by atoms with Gasteiger partial charge in [0.25, 0.3) is 0 Å². The van der Waals surface area contributed by atoms with E-state index >= 15 is 0 Å². The number of likely N-dealkylation sites (N-methyl/N-ethyl adjacent to an activating group) is 1. The van der Waals surface area contributed by atoms with E-state index in [9.17, 15) is 0 Å². The Hall–Kier alpha value is -1.06. The molecule has 0 heterocycles. The summed E-state index contributed by atoms with van der Waals surface area (Å²) in [6.07, 6.45) is 1.84. The molecular formula is C17H29NO2. The van der Waals surface area contributed by atoms with E-state index in [-0.39, 0.29) is 18.1 Å². The molecule has 0 aliphatic carbocycles. The maximum absolute atomic E-state index is 9.16. The van der Waals surface area contributed by atoms with E-state index in [1.165, 1.54) is 11.1 Å². The van der Waals surface area contributed by atoms with E-state index in [4.69, 9.17) is 9.84 Å². The molecule has 1 rings (SSSR count). The minimum absolute atomic E-state index is 0.0693. The molecular weight excluding hydrogens is 250 g/mol. The zero-order valence-corrected chi connectivity index (χ0v) is 13.5. The van der Waals surface area contributed by atoms with Crippen LogP contribution in [0.15, 0.2) is 18.2 Å². The van der Waals surface area contributed by atoms with Crippen molar-refractivity contribution in [2.75, 3.05) is 20.3 Å². The second-order valence-electron chi connectivity index (χ2n) is 6.24. The van der Waals surface area contributed by atoms with E-state index in [1.54, 1.807) is 0 Å². The lowest BCUT2D eigenvalue weighted by Crippen LogP contribution is -2.30. The predicted octanol–water partition coefficient (Wildman–Crippen LogP) is 2.90. The van der Waals surface area contributed by atoms with Crippen LogP contribution in [0.5, 0.6) is 5.75 Å². The second kappa shape index (κ2) is 7.65. The molecule has 0 aliphatic rings. The van der Waals surface area contributed by atoms with Crippen molar-refractivity contribution in [1.82, 2.24) is 5.32 Å². The van der Waals surface area contributed by atoms with Crippen LogP contribution in [0, 0.1) is 0 Å². The number of hydrogen-bond acceptors (Lipinski definition) is 3. The first kappa shape index (κ1) is 17.0. The van der Waals surface area contributed by atoms with Gasteiger partial charge in [-0.1, -0.05) is 39.8 Å². The Morgan fingerprint density at radius 3 is 2.50 bits per heavy atom. The zero-order valence-electron chi connectivity index (χ0n) is 13.5. The summed E-state index contributed by atoms with van der Waals surface area (Å²) in [5.74, 6) is 0.961. The number of aliphatic hydroxyl groups is 1. The summed E-state index contributed by atoms with van der Waals surface area (Å²) < 4.78 is 5.95. The Bertz CT molecular complexity index is 406. The maximum Gasteiger partial charge on any atom is 0.123 e. The lowest BCUT2D eigenvalue weighted by molar-refractivity contribution is 0.213. The van der Waals surface area contributed by atoms with Gasteiger partial charge in [0.1, 0.15) is 5.75 Å². The van der Waals surface area contributed by atoms with Crippen molar-refractivity contribution in [3.8, 4) is 5.75 Å². The molecule has 1 aromatic rings. The molecule has 0 saturated heterocycles. The van der Waals surface area contributed by atoms with E-state index < -0.39 is 0 Å². The van der Waals surface area contributed by atoms with Gasteiger partial charge in [0, 0.05) is 6.04 Å². The molecule has 1 aromatic carbocycles. The Kier molecular flexibility index (Phi) is 6.50. The molecule has 0 fully saturated rings. The van der Waals surface area contributed by atoms with Crippen molar-refractivity contribution in [3.05, 3.63) is 29.3 Å². The molecule has 2 N–H and O–H groups in total. The average Bonchev–Trinajstić information content (AvgIpc) is 2.42. The first-order valence-corrected chi connectivity index (χ1v) is 7.46. The van der Waals surface area contributed by atoms with Crippen LogP contribution in [0.1, 0.15) is 45.2 Å². The largest absolute Gasteiger partial charge is 0.493 e. The highest BCUT2D eigenvalue weighted by Crippen LogP contribution is 2.32. The molecule has 3 nitrogen and oxygen atoms in total. The number of aryl methyl sites for hydroxylation is 1. The minimum Gasteiger partial charge on any atom is -0.493 e. The molecule has 0 aromatic heterocycles. The number of hydrogen-bond donors (Lipinski definition) is 2. The van der Waals surface area contributed by atoms with Crippen LogP contribution in [-0.4, -0.2) is 31.4 Å². The van der Waals surface area contributed by atoms with Crippen LogP contribution in [0.25, 0.3) is 0 Å². The molecule has 0 radical (unpaired) electrons. The summed E-state index contributed by atoms with van der Waals surface area (Å²) in [5, 5.41) is 12.2. The molecule has 0 aliphatic heterocycles. The third-order valence-electron chi connectivity index (χ3n) is 3.61. The summed E-state index contributed by atoms with van der Waals surface area (Å²) in [7, 11) is 1.86. The fraction of sp³-hybridized carbons (Fsp3) is 0.647. The summed E-state index contributed by atoms with van der Waals surface area (Å²) in [5.41, 5.74) is 2.66. The van der Waals surface area contributed by atoms with Crippen molar-refractivity contribution >= 4 is 0 Å². The lowest BCUT2D eigenvalue weighted by atomic mass is 9.85. The molecule has 1 unspecified atom stereocenters. The number of nitrogens with one attached hydrogen (secondary N) is 1. The highest BCUT2D eigenvalue weighted by atomic mass is 16.5. The molecule has 0 amide bonds. The van der Waals surface area contributed by atoms with Crippen molar-refractivity contribution in [2.24, 2.45) is 0 Å². The van der Waals surface area contributed by atoms with Gasteiger partial charge in [0.2, 0.25) is 0 Å². The van der Waals surface area contributed by atoms with Gasteiger partial charge in [-0.15, -0.1) is 0 Å². The fourth-order valence-corrected chi connectivity index (χ4v) is 2.15. The van der Waals surface area contributed by atoms with Crippen molar-refractivity contribution in [1.29, 1.82) is 0 Å². The van der Waals surface area contributed by atoms with E-state index in [1.807, 2.05) is 7.05 Å². The molecule has 0 bridgehead atoms. The van der Waals surface area contributed by atoms with Crippen molar-refractivity contribution < 1.29 is 9.84 Å². The summed E-state index contributed by atoms with van der Waals surface area (Å²) >= 11 is 0. The van der Waals surface area contributed by atoms with Crippen LogP contribution in [0.2, 0.25) is 0 Å². The molecule has 0 spiro atoms. The zero-order chi connectivity index (χ0) is 15.2. The molecule has 3 heteroatoms. The van der Waals surface area contributed by atoms with Gasteiger partial charge in [-0.3, -0.25) is 0 Å². The third-order valence-corrected chi connectivity index (χ3v) is 3.61. The van der Waals surface area contributed by atoms with Crippen LogP contribution in [0.3, 0.4) is 0 Å². The van der Waals surface area contributed by atoms with Crippen LogP contribution >= 0.6 is 0 Å². The highest BCUT2D eigenvalue weighted by molar-refractivity contribution is 5.41. The average molecular weight is 279 g/mol. The minimum atomic E-state index is 0.0693. The van der Waals surface area contributed by atoms with Gasteiger partial charge >= 0.3 is 0 Å².